The van der Waals surface area contributed by atoms with Crippen LogP contribution < -0.4 is 26.2 Å². The van der Waals surface area contributed by atoms with Crippen LogP contribution in [0.1, 0.15) is 188 Å². The normalized spacial score (nSPS) is 19.1. The molecule has 1 aromatic heterocycles. The molecule has 10 rings (SSSR count). The van der Waals surface area contributed by atoms with Crippen LogP contribution in [-0.2, 0) is 37.9 Å². The maximum absolute atomic E-state index is 2.74. The Bertz CT molecular complexity index is 2970. The van der Waals surface area contributed by atoms with Gasteiger partial charge in [0.1, 0.15) is 0 Å². The fourth-order valence-corrected chi connectivity index (χ4v) is 13.3. The van der Waals surface area contributed by atoms with Crippen molar-refractivity contribution in [3.8, 4) is 0 Å². The van der Waals surface area contributed by atoms with Gasteiger partial charge in [-0.05, 0) is 179 Å². The van der Waals surface area contributed by atoms with Gasteiger partial charge in [-0.15, -0.1) is 11.3 Å². The molecular formula is C61H75BN2S. The summed E-state index contributed by atoms with van der Waals surface area (Å²) in [5.74, 6) is 0. The lowest BCUT2D eigenvalue weighted by molar-refractivity contribution is 0.332. The zero-order chi connectivity index (χ0) is 46.9. The molecule has 3 heterocycles. The van der Waals surface area contributed by atoms with Crippen LogP contribution in [0.3, 0.4) is 0 Å². The van der Waals surface area contributed by atoms with Crippen LogP contribution in [0.5, 0.6) is 0 Å². The molecule has 5 aromatic carbocycles. The van der Waals surface area contributed by atoms with Crippen molar-refractivity contribution < 1.29 is 0 Å². The Kier molecular flexibility index (Phi) is 9.53. The van der Waals surface area contributed by atoms with Crippen LogP contribution in [0, 0.1) is 6.92 Å². The second kappa shape index (κ2) is 13.9. The van der Waals surface area contributed by atoms with Crippen molar-refractivity contribution in [2.75, 3.05) is 9.80 Å². The summed E-state index contributed by atoms with van der Waals surface area (Å²) in [6, 6.07) is 32.9. The molecule has 65 heavy (non-hydrogen) atoms. The van der Waals surface area contributed by atoms with E-state index in [2.05, 4.69) is 213 Å². The van der Waals surface area contributed by atoms with Gasteiger partial charge >= 0.3 is 0 Å². The van der Waals surface area contributed by atoms with Crippen molar-refractivity contribution in [2.24, 2.45) is 0 Å². The summed E-state index contributed by atoms with van der Waals surface area (Å²) in [7, 11) is 0. The third-order valence-corrected chi connectivity index (χ3v) is 18.0. The second-order valence-electron chi connectivity index (χ2n) is 26.5. The minimum absolute atomic E-state index is 0.0200. The van der Waals surface area contributed by atoms with E-state index in [1.807, 2.05) is 11.3 Å². The molecule has 0 radical (unpaired) electrons. The molecule has 2 nitrogen and oxygen atoms in total. The number of hydrogen-bond acceptors (Lipinski definition) is 3. The highest BCUT2D eigenvalue weighted by Crippen LogP contribution is 2.54. The first-order chi connectivity index (χ1) is 30.0. The second-order valence-corrected chi connectivity index (χ2v) is 27.6. The number of anilines is 6. The summed E-state index contributed by atoms with van der Waals surface area (Å²) in [5.41, 5.74) is 22.8. The van der Waals surface area contributed by atoms with Crippen LogP contribution >= 0.6 is 11.3 Å². The molecule has 0 saturated heterocycles. The molecule has 2 aliphatic carbocycles. The van der Waals surface area contributed by atoms with Crippen molar-refractivity contribution in [1.29, 1.82) is 0 Å². The van der Waals surface area contributed by atoms with Crippen molar-refractivity contribution in [3.05, 3.63) is 123 Å². The lowest BCUT2D eigenvalue weighted by Crippen LogP contribution is -2.61. The monoisotopic (exact) mass is 879 g/mol. The van der Waals surface area contributed by atoms with Crippen LogP contribution in [-0.4, -0.2) is 6.71 Å². The number of benzene rings is 5. The topological polar surface area (TPSA) is 6.48 Å². The maximum Gasteiger partial charge on any atom is 0.254 e. The van der Waals surface area contributed by atoms with E-state index in [4.69, 9.17) is 0 Å². The number of thiophene rings is 1. The van der Waals surface area contributed by atoms with Gasteiger partial charge in [0.05, 0.1) is 5.00 Å². The van der Waals surface area contributed by atoms with Gasteiger partial charge in [0.15, 0.2) is 0 Å². The molecule has 0 saturated carbocycles. The Morgan fingerprint density at radius 2 is 0.969 bits per heavy atom. The van der Waals surface area contributed by atoms with Crippen LogP contribution in [0.15, 0.2) is 78.9 Å². The fraction of sp³-hybridized carbons (Fsp3) is 0.475. The van der Waals surface area contributed by atoms with E-state index in [1.54, 1.807) is 0 Å². The first-order valence-electron chi connectivity index (χ1n) is 24.8. The molecule has 2 aliphatic heterocycles. The van der Waals surface area contributed by atoms with Crippen LogP contribution in [0.25, 0.3) is 10.1 Å². The lowest BCUT2D eigenvalue weighted by atomic mass is 9.33. The van der Waals surface area contributed by atoms with Gasteiger partial charge in [0.2, 0.25) is 0 Å². The molecule has 0 spiro atoms. The molecule has 338 valence electrons. The number of aryl methyl sites for hydroxylation is 1. The predicted octanol–water partition coefficient (Wildman–Crippen LogP) is 15.9. The molecule has 0 unspecified atom stereocenters. The Labute approximate surface area is 397 Å². The predicted molar refractivity (Wildman–Crippen MR) is 287 cm³/mol. The fourth-order valence-electron chi connectivity index (χ4n) is 12.1. The Morgan fingerprint density at radius 3 is 1.54 bits per heavy atom. The van der Waals surface area contributed by atoms with Gasteiger partial charge in [-0.25, -0.2) is 0 Å². The number of hydrogen-bond donors (Lipinski definition) is 0. The molecule has 4 heteroatoms. The maximum atomic E-state index is 2.74. The van der Waals surface area contributed by atoms with E-state index in [1.165, 1.54) is 130 Å². The van der Waals surface area contributed by atoms with Gasteiger partial charge < -0.3 is 9.80 Å². The van der Waals surface area contributed by atoms with E-state index >= 15 is 0 Å². The molecule has 0 atom stereocenters. The average molecular weight is 879 g/mol. The van der Waals surface area contributed by atoms with Gasteiger partial charge in [0.25, 0.3) is 6.71 Å². The summed E-state index contributed by atoms with van der Waals surface area (Å²) in [6.07, 6.45) is 4.77. The molecule has 0 N–H and O–H groups in total. The zero-order valence-corrected chi connectivity index (χ0v) is 44.0. The summed E-state index contributed by atoms with van der Waals surface area (Å²) in [6.45, 7) is 43.6. The van der Waals surface area contributed by atoms with E-state index in [0.717, 1.165) is 0 Å². The Morgan fingerprint density at radius 1 is 0.462 bits per heavy atom. The van der Waals surface area contributed by atoms with Crippen LogP contribution in [0.4, 0.5) is 33.4 Å². The minimum Gasteiger partial charge on any atom is -0.311 e. The van der Waals surface area contributed by atoms with Crippen LogP contribution in [0.2, 0.25) is 0 Å². The third-order valence-electron chi connectivity index (χ3n) is 16.8. The van der Waals surface area contributed by atoms with E-state index in [-0.39, 0.29) is 44.6 Å². The third kappa shape index (κ3) is 6.83. The van der Waals surface area contributed by atoms with E-state index in [0.29, 0.717) is 0 Å². The van der Waals surface area contributed by atoms with Crippen molar-refractivity contribution in [1.82, 2.24) is 0 Å². The summed E-state index contributed by atoms with van der Waals surface area (Å²) in [5, 5.41) is 2.77. The Hall–Kier alpha value is -4.28. The summed E-state index contributed by atoms with van der Waals surface area (Å²) >= 11 is 1.99. The Balaban J connectivity index is 1.38. The highest BCUT2D eigenvalue weighted by molar-refractivity contribution is 7.26. The molecule has 6 aromatic rings. The van der Waals surface area contributed by atoms with Gasteiger partial charge in [-0.2, -0.15) is 0 Å². The van der Waals surface area contributed by atoms with Crippen molar-refractivity contribution in [2.45, 2.75) is 188 Å². The number of nitrogens with zero attached hydrogens (tertiary/aromatic N) is 2. The van der Waals surface area contributed by atoms with Crippen molar-refractivity contribution >= 4 is 78.0 Å². The molecule has 0 bridgehead atoms. The summed E-state index contributed by atoms with van der Waals surface area (Å²) in [4.78, 5) is 5.44. The SMILES string of the molecule is Cc1cc(C(C)(C)C)ccc1N1c2cc(C(C)(C)C)cc3c2B(c2cc4c(cc2N3c2ccc3c(c2)C(C)(C)CCC3(C)C)C(C)(C)CCC4(C)C)c2c1sc1ccc(C(C)(C)C)cc21. The average Bonchev–Trinajstić information content (AvgIpc) is 3.58. The van der Waals surface area contributed by atoms with E-state index < -0.39 is 0 Å². The molecular weight excluding hydrogens is 804 g/mol. The first kappa shape index (κ1) is 44.6. The molecule has 0 amide bonds. The standard InChI is InChI=1S/C61H75BN2S/c1-36-29-37(55(2,3)4)19-23-47(36)64-50-32-39(57(8,9)10)31-49-53(50)62(52-41-30-38(56(5,6)7)20-24-51(41)65-54(52)64)46-34-44-45(61(17,18)28-27-60(44,15)16)35-48(46)63(49)40-21-22-42-43(33-40)59(13,14)26-25-58(42,11)12/h19-24,29-35H,25-28H2,1-18H3. The highest BCUT2D eigenvalue weighted by Gasteiger charge is 2.49. The van der Waals surface area contributed by atoms with Gasteiger partial charge in [-0.1, -0.05) is 154 Å². The van der Waals surface area contributed by atoms with E-state index in [9.17, 15) is 0 Å². The molecule has 0 fully saturated rings. The van der Waals surface area contributed by atoms with Crippen molar-refractivity contribution in [3.63, 3.8) is 0 Å². The minimum atomic E-state index is -0.0877. The zero-order valence-electron chi connectivity index (χ0n) is 43.2. The van der Waals surface area contributed by atoms with Gasteiger partial charge in [0, 0.05) is 33.1 Å². The highest BCUT2D eigenvalue weighted by atomic mass is 32.1. The quantitative estimate of drug-likeness (QED) is 0.160. The summed E-state index contributed by atoms with van der Waals surface area (Å²) < 4.78 is 1.37. The molecule has 4 aliphatic rings. The first-order valence-corrected chi connectivity index (χ1v) is 25.6. The number of fused-ring (bicyclic) bond motifs is 8. The van der Waals surface area contributed by atoms with Gasteiger partial charge in [-0.3, -0.25) is 0 Å². The lowest BCUT2D eigenvalue weighted by Gasteiger charge is -2.48. The largest absolute Gasteiger partial charge is 0.311 e. The number of rotatable bonds is 2. The smallest absolute Gasteiger partial charge is 0.254 e.